The fourth-order valence-electron chi connectivity index (χ4n) is 1.10. The van der Waals surface area contributed by atoms with E-state index in [-0.39, 0.29) is 5.97 Å². The number of benzene rings is 1. The number of ether oxygens (including phenoxy) is 3. The number of halogens is 1. The van der Waals surface area contributed by atoms with Crippen molar-refractivity contribution in [3.63, 3.8) is 0 Å². The van der Waals surface area contributed by atoms with Crippen LogP contribution < -0.4 is 4.74 Å². The molecule has 16 heavy (non-hydrogen) atoms. The number of methoxy groups -OCH3 is 1. The first kappa shape index (κ1) is 13.0. The van der Waals surface area contributed by atoms with Crippen molar-refractivity contribution in [2.45, 2.75) is 0 Å². The molecule has 1 aromatic rings. The van der Waals surface area contributed by atoms with Crippen molar-refractivity contribution in [2.24, 2.45) is 0 Å². The molecule has 0 atom stereocenters. The molecule has 0 aromatic heterocycles. The van der Waals surface area contributed by atoms with E-state index in [0.29, 0.717) is 30.0 Å². The van der Waals surface area contributed by atoms with E-state index in [1.807, 2.05) is 0 Å². The fourth-order valence-corrected chi connectivity index (χ4v) is 1.33. The van der Waals surface area contributed by atoms with Crippen molar-refractivity contribution in [3.8, 4) is 5.75 Å². The molecule has 0 aliphatic heterocycles. The molecule has 0 spiro atoms. The third-order valence-electron chi connectivity index (χ3n) is 1.83. The minimum absolute atomic E-state index is 0.373. The van der Waals surface area contributed by atoms with Crippen LogP contribution in [0.5, 0.6) is 5.75 Å². The standard InChI is InChI=1S/C11H13BrO4/c1-14-11(13)9-3-2-4-10(7-9)16-6-5-15-8-12/h2-4,7H,5-6,8H2,1H3. The largest absolute Gasteiger partial charge is 0.491 e. The van der Waals surface area contributed by atoms with Crippen LogP contribution in [0.4, 0.5) is 0 Å². The Hall–Kier alpha value is -1.07. The Morgan fingerprint density at radius 1 is 1.38 bits per heavy atom. The lowest BCUT2D eigenvalue weighted by Gasteiger charge is -2.06. The maximum atomic E-state index is 11.2. The van der Waals surface area contributed by atoms with Gasteiger partial charge in [-0.25, -0.2) is 4.79 Å². The molecule has 88 valence electrons. The summed E-state index contributed by atoms with van der Waals surface area (Å²) in [4.78, 5) is 11.2. The molecule has 5 heteroatoms. The van der Waals surface area contributed by atoms with Gasteiger partial charge in [-0.15, -0.1) is 0 Å². The third-order valence-corrected chi connectivity index (χ3v) is 2.15. The highest BCUT2D eigenvalue weighted by atomic mass is 79.9. The average molecular weight is 289 g/mol. The van der Waals surface area contributed by atoms with Gasteiger partial charge in [0, 0.05) is 0 Å². The molecule has 0 unspecified atom stereocenters. The van der Waals surface area contributed by atoms with Crippen molar-refractivity contribution < 1.29 is 19.0 Å². The molecular formula is C11H13BrO4. The molecule has 0 heterocycles. The van der Waals surface area contributed by atoms with Crippen LogP contribution in [0.2, 0.25) is 0 Å². The lowest BCUT2D eigenvalue weighted by atomic mass is 10.2. The molecule has 1 rings (SSSR count). The van der Waals surface area contributed by atoms with E-state index in [0.717, 1.165) is 0 Å². The zero-order valence-corrected chi connectivity index (χ0v) is 10.5. The summed E-state index contributed by atoms with van der Waals surface area (Å²) >= 11 is 3.14. The Morgan fingerprint density at radius 3 is 2.88 bits per heavy atom. The first-order valence-electron chi connectivity index (χ1n) is 4.73. The van der Waals surface area contributed by atoms with E-state index in [9.17, 15) is 4.79 Å². The second-order valence-electron chi connectivity index (χ2n) is 2.89. The number of hydrogen-bond donors (Lipinski definition) is 0. The van der Waals surface area contributed by atoms with E-state index in [1.54, 1.807) is 24.3 Å². The SMILES string of the molecule is COC(=O)c1cccc(OCCOCBr)c1. The number of hydrogen-bond acceptors (Lipinski definition) is 4. The van der Waals surface area contributed by atoms with E-state index < -0.39 is 0 Å². The Morgan fingerprint density at radius 2 is 2.19 bits per heavy atom. The topological polar surface area (TPSA) is 44.8 Å². The molecule has 0 aliphatic rings. The maximum Gasteiger partial charge on any atom is 0.337 e. The highest BCUT2D eigenvalue weighted by Crippen LogP contribution is 2.13. The second kappa shape index (κ2) is 7.24. The van der Waals surface area contributed by atoms with Gasteiger partial charge < -0.3 is 14.2 Å². The molecule has 1 aromatic carbocycles. The molecule has 0 saturated heterocycles. The van der Waals surface area contributed by atoms with Gasteiger partial charge in [0.05, 0.1) is 19.3 Å². The van der Waals surface area contributed by atoms with Gasteiger partial charge in [-0.3, -0.25) is 0 Å². The Balaban J connectivity index is 2.50. The predicted octanol–water partition coefficient (Wildman–Crippen LogP) is 2.22. The van der Waals surface area contributed by atoms with Crippen LogP contribution in [0.15, 0.2) is 24.3 Å². The summed E-state index contributed by atoms with van der Waals surface area (Å²) in [5.74, 6) is 0.253. The summed E-state index contributed by atoms with van der Waals surface area (Å²) < 4.78 is 15.1. The van der Waals surface area contributed by atoms with Gasteiger partial charge in [-0.2, -0.15) is 0 Å². The lowest BCUT2D eigenvalue weighted by molar-refractivity contribution is 0.0600. The highest BCUT2D eigenvalue weighted by molar-refractivity contribution is 9.09. The minimum atomic E-state index is -0.373. The summed E-state index contributed by atoms with van der Waals surface area (Å²) in [5.41, 5.74) is 0.958. The fraction of sp³-hybridized carbons (Fsp3) is 0.364. The molecular weight excluding hydrogens is 276 g/mol. The predicted molar refractivity (Wildman–Crippen MR) is 63.0 cm³/mol. The Kier molecular flexibility index (Phi) is 5.88. The van der Waals surface area contributed by atoms with Gasteiger partial charge in [0.25, 0.3) is 0 Å². The van der Waals surface area contributed by atoms with Crippen molar-refractivity contribution in [1.29, 1.82) is 0 Å². The summed E-state index contributed by atoms with van der Waals surface area (Å²) in [6.45, 7) is 0.934. The first-order chi connectivity index (χ1) is 7.77. The van der Waals surface area contributed by atoms with Crippen LogP contribution in [0.3, 0.4) is 0 Å². The van der Waals surface area contributed by atoms with Crippen LogP contribution >= 0.6 is 15.9 Å². The van der Waals surface area contributed by atoms with Crippen LogP contribution in [-0.2, 0) is 9.47 Å². The zero-order valence-electron chi connectivity index (χ0n) is 8.94. The zero-order chi connectivity index (χ0) is 11.8. The lowest BCUT2D eigenvalue weighted by Crippen LogP contribution is -2.06. The van der Waals surface area contributed by atoms with Crippen LogP contribution in [-0.4, -0.2) is 31.8 Å². The highest BCUT2D eigenvalue weighted by Gasteiger charge is 2.05. The van der Waals surface area contributed by atoms with Crippen molar-refractivity contribution in [2.75, 3.05) is 25.8 Å². The van der Waals surface area contributed by atoms with Gasteiger partial charge in [0.1, 0.15) is 17.9 Å². The van der Waals surface area contributed by atoms with E-state index in [2.05, 4.69) is 20.7 Å². The summed E-state index contributed by atoms with van der Waals surface area (Å²) in [5, 5.41) is 0. The number of carbonyl (C=O) groups is 1. The van der Waals surface area contributed by atoms with E-state index in [4.69, 9.17) is 9.47 Å². The molecule has 0 aliphatic carbocycles. The van der Waals surface area contributed by atoms with E-state index in [1.165, 1.54) is 7.11 Å². The van der Waals surface area contributed by atoms with Crippen molar-refractivity contribution in [1.82, 2.24) is 0 Å². The smallest absolute Gasteiger partial charge is 0.337 e. The molecule has 0 N–H and O–H groups in total. The molecule has 0 saturated carbocycles. The van der Waals surface area contributed by atoms with Crippen LogP contribution in [0.25, 0.3) is 0 Å². The quantitative estimate of drug-likeness (QED) is 0.457. The van der Waals surface area contributed by atoms with Gasteiger partial charge >= 0.3 is 5.97 Å². The second-order valence-corrected chi connectivity index (χ2v) is 3.34. The van der Waals surface area contributed by atoms with Crippen molar-refractivity contribution >= 4 is 21.9 Å². The normalized spacial score (nSPS) is 9.88. The average Bonchev–Trinajstić information content (AvgIpc) is 2.34. The molecule has 4 nitrogen and oxygen atoms in total. The molecule has 0 amide bonds. The molecule has 0 bridgehead atoms. The van der Waals surface area contributed by atoms with Crippen LogP contribution in [0.1, 0.15) is 10.4 Å². The van der Waals surface area contributed by atoms with Crippen molar-refractivity contribution in [3.05, 3.63) is 29.8 Å². The first-order valence-corrected chi connectivity index (χ1v) is 5.85. The summed E-state index contributed by atoms with van der Waals surface area (Å²) in [6, 6.07) is 6.83. The number of carbonyl (C=O) groups excluding carboxylic acids is 1. The monoisotopic (exact) mass is 288 g/mol. The number of rotatable bonds is 6. The Bertz CT molecular complexity index is 341. The summed E-state index contributed by atoms with van der Waals surface area (Å²) in [6.07, 6.45) is 0. The van der Waals surface area contributed by atoms with Gasteiger partial charge in [0.15, 0.2) is 0 Å². The van der Waals surface area contributed by atoms with Crippen LogP contribution in [0, 0.1) is 0 Å². The molecule has 0 radical (unpaired) electrons. The summed E-state index contributed by atoms with van der Waals surface area (Å²) in [7, 11) is 1.35. The number of esters is 1. The number of alkyl halides is 1. The van der Waals surface area contributed by atoms with Gasteiger partial charge in [0.2, 0.25) is 0 Å². The molecule has 0 fully saturated rings. The minimum Gasteiger partial charge on any atom is -0.491 e. The van der Waals surface area contributed by atoms with E-state index >= 15 is 0 Å². The maximum absolute atomic E-state index is 11.2. The third kappa shape index (κ3) is 4.20. The van der Waals surface area contributed by atoms with Gasteiger partial charge in [-0.05, 0) is 18.2 Å². The Labute approximate surface area is 103 Å². The van der Waals surface area contributed by atoms with Gasteiger partial charge in [-0.1, -0.05) is 22.0 Å².